The summed E-state index contributed by atoms with van der Waals surface area (Å²) in [7, 11) is 0. The maximum atomic E-state index is 12.7. The van der Waals surface area contributed by atoms with Gasteiger partial charge in [-0.3, -0.25) is 19.5 Å². The zero-order valence-corrected chi connectivity index (χ0v) is 17.9. The van der Waals surface area contributed by atoms with Gasteiger partial charge in [-0.25, -0.2) is 0 Å². The van der Waals surface area contributed by atoms with Gasteiger partial charge in [0, 0.05) is 44.4 Å². The van der Waals surface area contributed by atoms with Crippen molar-refractivity contribution in [2.24, 2.45) is 11.8 Å². The van der Waals surface area contributed by atoms with Gasteiger partial charge >= 0.3 is 0 Å². The zero-order valence-electron chi connectivity index (χ0n) is 17.9. The molecule has 2 aliphatic rings. The highest BCUT2D eigenvalue weighted by Crippen LogP contribution is 2.24. The van der Waals surface area contributed by atoms with Crippen LogP contribution in [0.3, 0.4) is 0 Å². The standard InChI is InChI=1S/C23H31N5O3/c29-20-14-17(4-3-10-24-20)15-21(30)28-12-8-16(9-13-28)7-11-25-23(31)22-18-5-1-2-6-19(18)26-27-22/h1-2,5-6,16-17H,3-4,7-15H2,(H,24,29)(H,25,31)(H,26,27). The molecule has 4 rings (SSSR count). The number of aromatic nitrogens is 2. The molecule has 0 spiro atoms. The van der Waals surface area contributed by atoms with Crippen LogP contribution in [0.2, 0.25) is 0 Å². The first-order chi connectivity index (χ1) is 15.1. The summed E-state index contributed by atoms with van der Waals surface area (Å²) in [6.45, 7) is 2.86. The predicted molar refractivity (Wildman–Crippen MR) is 117 cm³/mol. The molecule has 0 saturated carbocycles. The molecule has 8 nitrogen and oxygen atoms in total. The maximum Gasteiger partial charge on any atom is 0.272 e. The first kappa shape index (κ1) is 21.3. The van der Waals surface area contributed by atoms with Crippen molar-refractivity contribution in [3.63, 3.8) is 0 Å². The fourth-order valence-corrected chi connectivity index (χ4v) is 4.69. The molecule has 166 valence electrons. The van der Waals surface area contributed by atoms with Crippen molar-refractivity contribution in [2.45, 2.75) is 44.9 Å². The molecular weight excluding hydrogens is 394 g/mol. The van der Waals surface area contributed by atoms with Gasteiger partial charge in [0.25, 0.3) is 5.91 Å². The van der Waals surface area contributed by atoms with Crippen molar-refractivity contribution >= 4 is 28.6 Å². The molecule has 0 aliphatic carbocycles. The van der Waals surface area contributed by atoms with Crippen molar-refractivity contribution in [3.05, 3.63) is 30.0 Å². The highest BCUT2D eigenvalue weighted by molar-refractivity contribution is 6.04. The average molecular weight is 426 g/mol. The van der Waals surface area contributed by atoms with E-state index in [4.69, 9.17) is 0 Å². The largest absolute Gasteiger partial charge is 0.356 e. The number of likely N-dealkylation sites (tertiary alicyclic amines) is 1. The Hall–Kier alpha value is -2.90. The Bertz CT molecular complexity index is 932. The summed E-state index contributed by atoms with van der Waals surface area (Å²) in [6, 6.07) is 7.60. The molecule has 2 fully saturated rings. The topological polar surface area (TPSA) is 107 Å². The van der Waals surface area contributed by atoms with Gasteiger partial charge in [0.05, 0.1) is 5.52 Å². The van der Waals surface area contributed by atoms with Gasteiger partial charge < -0.3 is 15.5 Å². The summed E-state index contributed by atoms with van der Waals surface area (Å²) >= 11 is 0. The molecule has 2 aromatic rings. The number of H-pyrrole nitrogens is 1. The van der Waals surface area contributed by atoms with Crippen LogP contribution in [0.1, 0.15) is 55.4 Å². The number of fused-ring (bicyclic) bond motifs is 1. The summed E-state index contributed by atoms with van der Waals surface area (Å²) in [4.78, 5) is 38.8. The Labute approximate surface area is 182 Å². The summed E-state index contributed by atoms with van der Waals surface area (Å²) in [5.41, 5.74) is 1.29. The third-order valence-corrected chi connectivity index (χ3v) is 6.54. The van der Waals surface area contributed by atoms with Gasteiger partial charge in [-0.1, -0.05) is 18.2 Å². The minimum atomic E-state index is -0.155. The number of amides is 3. The molecule has 3 N–H and O–H groups in total. The van der Waals surface area contributed by atoms with Gasteiger partial charge in [0.1, 0.15) is 0 Å². The molecule has 0 bridgehead atoms. The molecule has 2 saturated heterocycles. The van der Waals surface area contributed by atoms with Gasteiger partial charge in [0.2, 0.25) is 11.8 Å². The summed E-state index contributed by atoms with van der Waals surface area (Å²) < 4.78 is 0. The van der Waals surface area contributed by atoms with Crippen LogP contribution in [0.5, 0.6) is 0 Å². The van der Waals surface area contributed by atoms with Gasteiger partial charge in [-0.05, 0) is 50.0 Å². The van der Waals surface area contributed by atoms with Gasteiger partial charge in [0.15, 0.2) is 5.69 Å². The predicted octanol–water partition coefficient (Wildman–Crippen LogP) is 2.23. The fourth-order valence-electron chi connectivity index (χ4n) is 4.69. The van der Waals surface area contributed by atoms with Crippen LogP contribution in [0.4, 0.5) is 0 Å². The quantitative estimate of drug-likeness (QED) is 0.660. The number of benzene rings is 1. The van der Waals surface area contributed by atoms with Crippen LogP contribution in [0, 0.1) is 11.8 Å². The van der Waals surface area contributed by atoms with E-state index in [1.165, 1.54) is 0 Å². The van der Waals surface area contributed by atoms with E-state index >= 15 is 0 Å². The minimum absolute atomic E-state index is 0.0684. The number of hydrogen-bond acceptors (Lipinski definition) is 4. The highest BCUT2D eigenvalue weighted by atomic mass is 16.2. The number of aromatic amines is 1. The molecular formula is C23H31N5O3. The van der Waals surface area contributed by atoms with Crippen LogP contribution < -0.4 is 10.6 Å². The normalized spacial score (nSPS) is 20.3. The third kappa shape index (κ3) is 5.42. The summed E-state index contributed by atoms with van der Waals surface area (Å²) in [5.74, 6) is 0.762. The number of carbonyl (C=O) groups is 3. The summed E-state index contributed by atoms with van der Waals surface area (Å²) in [6.07, 6.45) is 5.64. The van der Waals surface area contributed by atoms with Crippen LogP contribution in [0.15, 0.2) is 24.3 Å². The lowest BCUT2D eigenvalue weighted by molar-refractivity contribution is -0.133. The molecule has 31 heavy (non-hydrogen) atoms. The van der Waals surface area contributed by atoms with Crippen molar-refractivity contribution in [3.8, 4) is 0 Å². The monoisotopic (exact) mass is 425 g/mol. The molecule has 3 heterocycles. The number of nitrogens with zero attached hydrogens (tertiary/aromatic N) is 2. The van der Waals surface area contributed by atoms with Crippen LogP contribution >= 0.6 is 0 Å². The number of para-hydroxylation sites is 1. The third-order valence-electron chi connectivity index (χ3n) is 6.54. The maximum absolute atomic E-state index is 12.7. The lowest BCUT2D eigenvalue weighted by Gasteiger charge is -2.33. The highest BCUT2D eigenvalue weighted by Gasteiger charge is 2.26. The average Bonchev–Trinajstić information content (AvgIpc) is 3.10. The molecule has 1 aromatic carbocycles. The lowest BCUT2D eigenvalue weighted by Crippen LogP contribution is -2.40. The van der Waals surface area contributed by atoms with E-state index in [0.29, 0.717) is 31.0 Å². The second-order valence-corrected chi connectivity index (χ2v) is 8.75. The number of nitrogens with one attached hydrogen (secondary N) is 3. The first-order valence-corrected chi connectivity index (χ1v) is 11.4. The van der Waals surface area contributed by atoms with Crippen molar-refractivity contribution in [1.29, 1.82) is 0 Å². The zero-order chi connectivity index (χ0) is 21.6. The van der Waals surface area contributed by atoms with Crippen molar-refractivity contribution in [2.75, 3.05) is 26.2 Å². The van der Waals surface area contributed by atoms with E-state index in [0.717, 1.165) is 62.6 Å². The SMILES string of the molecule is O=C1CC(CC(=O)N2CCC(CCNC(=O)c3n[nH]c4ccccc34)CC2)CCCN1. The Morgan fingerprint density at radius 2 is 1.94 bits per heavy atom. The van der Waals surface area contributed by atoms with E-state index in [2.05, 4.69) is 20.8 Å². The van der Waals surface area contributed by atoms with E-state index in [1.807, 2.05) is 29.2 Å². The number of piperidine rings is 1. The van der Waals surface area contributed by atoms with Crippen molar-refractivity contribution < 1.29 is 14.4 Å². The smallest absolute Gasteiger partial charge is 0.272 e. The van der Waals surface area contributed by atoms with Crippen molar-refractivity contribution in [1.82, 2.24) is 25.7 Å². The molecule has 1 atom stereocenters. The van der Waals surface area contributed by atoms with E-state index < -0.39 is 0 Å². The molecule has 1 aromatic heterocycles. The Morgan fingerprint density at radius 1 is 1.13 bits per heavy atom. The van der Waals surface area contributed by atoms with Crippen LogP contribution in [0.25, 0.3) is 10.9 Å². The Morgan fingerprint density at radius 3 is 2.77 bits per heavy atom. The second kappa shape index (κ2) is 9.94. The molecule has 8 heteroatoms. The van der Waals surface area contributed by atoms with Gasteiger partial charge in [-0.2, -0.15) is 5.10 Å². The van der Waals surface area contributed by atoms with E-state index in [1.54, 1.807) is 0 Å². The lowest BCUT2D eigenvalue weighted by atomic mass is 9.92. The Kier molecular flexibility index (Phi) is 6.84. The van der Waals surface area contributed by atoms with E-state index in [9.17, 15) is 14.4 Å². The molecule has 1 unspecified atom stereocenters. The minimum Gasteiger partial charge on any atom is -0.356 e. The van der Waals surface area contributed by atoms with Crippen LogP contribution in [-0.2, 0) is 9.59 Å². The number of hydrogen-bond donors (Lipinski definition) is 3. The molecule has 3 amide bonds. The Balaban J connectivity index is 1.17. The number of rotatable bonds is 6. The molecule has 2 aliphatic heterocycles. The fraction of sp³-hybridized carbons (Fsp3) is 0.565. The van der Waals surface area contributed by atoms with Crippen LogP contribution in [-0.4, -0.2) is 59.0 Å². The van der Waals surface area contributed by atoms with E-state index in [-0.39, 0.29) is 23.6 Å². The first-order valence-electron chi connectivity index (χ1n) is 11.4. The second-order valence-electron chi connectivity index (χ2n) is 8.75. The summed E-state index contributed by atoms with van der Waals surface area (Å²) in [5, 5.41) is 13.7. The molecule has 0 radical (unpaired) electrons. The number of carbonyl (C=O) groups excluding carboxylic acids is 3. The van der Waals surface area contributed by atoms with Gasteiger partial charge in [-0.15, -0.1) is 0 Å².